The molecule has 0 aliphatic heterocycles. The topological polar surface area (TPSA) is 58.6 Å². The van der Waals surface area contributed by atoms with Crippen molar-refractivity contribution < 1.29 is 14.3 Å². The number of hydrogen-bond acceptors (Lipinski definition) is 3. The predicted molar refractivity (Wildman–Crippen MR) is 111 cm³/mol. The van der Waals surface area contributed by atoms with Crippen LogP contribution in [0.15, 0.2) is 48.5 Å². The van der Waals surface area contributed by atoms with E-state index in [-0.39, 0.29) is 25.0 Å². The van der Waals surface area contributed by atoms with Gasteiger partial charge in [-0.3, -0.25) is 9.59 Å². The van der Waals surface area contributed by atoms with Crippen molar-refractivity contribution in [1.29, 1.82) is 0 Å². The highest BCUT2D eigenvalue weighted by Gasteiger charge is 2.26. The van der Waals surface area contributed by atoms with Crippen molar-refractivity contribution in [2.75, 3.05) is 13.2 Å². The van der Waals surface area contributed by atoms with Crippen LogP contribution in [0, 0.1) is 0 Å². The third kappa shape index (κ3) is 6.27. The van der Waals surface area contributed by atoms with E-state index in [4.69, 9.17) is 16.3 Å². The average molecular weight is 403 g/mol. The van der Waals surface area contributed by atoms with Gasteiger partial charge in [0.1, 0.15) is 11.8 Å². The molecule has 1 unspecified atom stereocenters. The van der Waals surface area contributed by atoms with Gasteiger partial charge in [-0.15, -0.1) is 0 Å². The number of halogens is 1. The van der Waals surface area contributed by atoms with E-state index in [0.29, 0.717) is 17.3 Å². The Balaban J connectivity index is 2.11. The van der Waals surface area contributed by atoms with Gasteiger partial charge in [-0.1, -0.05) is 42.8 Å². The molecule has 0 saturated heterocycles. The Morgan fingerprint density at radius 1 is 1.11 bits per heavy atom. The summed E-state index contributed by atoms with van der Waals surface area (Å²) >= 11 is 6.06. The summed E-state index contributed by atoms with van der Waals surface area (Å²) in [5.41, 5.74) is 2.05. The van der Waals surface area contributed by atoms with E-state index >= 15 is 0 Å². The van der Waals surface area contributed by atoms with E-state index < -0.39 is 6.04 Å². The van der Waals surface area contributed by atoms with Crippen molar-refractivity contribution >= 4 is 23.4 Å². The van der Waals surface area contributed by atoms with Gasteiger partial charge in [0.15, 0.2) is 6.61 Å². The van der Waals surface area contributed by atoms with E-state index in [0.717, 1.165) is 12.0 Å². The number of aryl methyl sites for hydroxylation is 1. The molecule has 0 heterocycles. The lowest BCUT2D eigenvalue weighted by molar-refractivity contribution is -0.142. The molecule has 0 bridgehead atoms. The minimum Gasteiger partial charge on any atom is -0.484 e. The van der Waals surface area contributed by atoms with E-state index in [1.807, 2.05) is 43.3 Å². The fraction of sp³-hybridized carbons (Fsp3) is 0.364. The number of amides is 2. The number of carbonyl (C=O) groups excluding carboxylic acids is 2. The molecule has 5 nitrogen and oxygen atoms in total. The molecule has 0 radical (unpaired) electrons. The number of nitrogens with zero attached hydrogens (tertiary/aromatic N) is 1. The number of nitrogens with one attached hydrogen (secondary N) is 1. The predicted octanol–water partition coefficient (Wildman–Crippen LogP) is 3.83. The van der Waals surface area contributed by atoms with Crippen LogP contribution in [0.3, 0.4) is 0 Å². The number of rotatable bonds is 9. The summed E-state index contributed by atoms with van der Waals surface area (Å²) in [7, 11) is 0. The van der Waals surface area contributed by atoms with Gasteiger partial charge in [-0.2, -0.15) is 0 Å². The summed E-state index contributed by atoms with van der Waals surface area (Å²) < 4.78 is 5.65. The Kier molecular flexibility index (Phi) is 8.33. The first kappa shape index (κ1) is 21.8. The summed E-state index contributed by atoms with van der Waals surface area (Å²) in [6.07, 6.45) is 0.941. The molecule has 0 spiro atoms. The van der Waals surface area contributed by atoms with Gasteiger partial charge in [-0.25, -0.2) is 0 Å². The molecule has 150 valence electrons. The molecular formula is C22H27ClN2O3. The molecule has 0 saturated carbocycles. The van der Waals surface area contributed by atoms with Gasteiger partial charge in [0.2, 0.25) is 5.91 Å². The molecule has 0 aliphatic carbocycles. The lowest BCUT2D eigenvalue weighted by Crippen LogP contribution is -2.49. The largest absolute Gasteiger partial charge is 0.484 e. The van der Waals surface area contributed by atoms with Gasteiger partial charge < -0.3 is 15.0 Å². The van der Waals surface area contributed by atoms with Crippen LogP contribution in [-0.4, -0.2) is 35.9 Å². The van der Waals surface area contributed by atoms with E-state index in [1.54, 1.807) is 19.1 Å². The summed E-state index contributed by atoms with van der Waals surface area (Å²) in [6.45, 7) is 6.27. The molecule has 0 aliphatic rings. The van der Waals surface area contributed by atoms with Crippen LogP contribution in [-0.2, 0) is 22.6 Å². The van der Waals surface area contributed by atoms with Crippen LogP contribution < -0.4 is 10.1 Å². The molecular weight excluding hydrogens is 376 g/mol. The Bertz CT molecular complexity index is 793. The normalized spacial score (nSPS) is 11.6. The molecule has 0 aromatic heterocycles. The fourth-order valence-electron chi connectivity index (χ4n) is 2.79. The maximum absolute atomic E-state index is 12.9. The van der Waals surface area contributed by atoms with Gasteiger partial charge >= 0.3 is 0 Å². The standard InChI is InChI=1S/C22H27ClN2O3/c1-4-17-9-11-20(12-10-17)28-15-21(26)25(16(3)22(27)24-5-2)14-18-7-6-8-19(23)13-18/h6-13,16H,4-5,14-15H2,1-3H3,(H,24,27). The molecule has 28 heavy (non-hydrogen) atoms. The highest BCUT2D eigenvalue weighted by molar-refractivity contribution is 6.30. The number of benzene rings is 2. The van der Waals surface area contributed by atoms with Crippen molar-refractivity contribution in [3.8, 4) is 5.75 Å². The van der Waals surface area contributed by atoms with Crippen LogP contribution in [0.5, 0.6) is 5.75 Å². The number of ether oxygens (including phenoxy) is 1. The van der Waals surface area contributed by atoms with E-state index in [1.165, 1.54) is 10.5 Å². The Labute approximate surface area is 171 Å². The number of carbonyl (C=O) groups is 2. The lowest BCUT2D eigenvalue weighted by atomic mass is 10.1. The zero-order chi connectivity index (χ0) is 20.5. The average Bonchev–Trinajstić information content (AvgIpc) is 2.70. The number of hydrogen-bond donors (Lipinski definition) is 1. The molecule has 6 heteroatoms. The van der Waals surface area contributed by atoms with Crippen molar-refractivity contribution in [2.24, 2.45) is 0 Å². The summed E-state index contributed by atoms with van der Waals surface area (Å²) in [5, 5.41) is 3.35. The zero-order valence-electron chi connectivity index (χ0n) is 16.6. The highest BCUT2D eigenvalue weighted by atomic mass is 35.5. The van der Waals surface area contributed by atoms with E-state index in [2.05, 4.69) is 12.2 Å². The summed E-state index contributed by atoms with van der Waals surface area (Å²) in [4.78, 5) is 26.7. The second kappa shape index (κ2) is 10.7. The van der Waals surface area contributed by atoms with Crippen molar-refractivity contribution in [1.82, 2.24) is 10.2 Å². The Morgan fingerprint density at radius 3 is 2.43 bits per heavy atom. The SMILES string of the molecule is CCNC(=O)C(C)N(Cc1cccc(Cl)c1)C(=O)COc1ccc(CC)cc1. The lowest BCUT2D eigenvalue weighted by Gasteiger charge is -2.28. The monoisotopic (exact) mass is 402 g/mol. The zero-order valence-corrected chi connectivity index (χ0v) is 17.3. The fourth-order valence-corrected chi connectivity index (χ4v) is 3.00. The quantitative estimate of drug-likeness (QED) is 0.693. The van der Waals surface area contributed by atoms with Crippen molar-refractivity contribution in [2.45, 2.75) is 39.8 Å². The van der Waals surface area contributed by atoms with Gasteiger partial charge in [-0.05, 0) is 55.7 Å². The second-order valence-corrected chi connectivity index (χ2v) is 6.94. The smallest absolute Gasteiger partial charge is 0.261 e. The van der Waals surface area contributed by atoms with Crippen LogP contribution in [0.4, 0.5) is 0 Å². The highest BCUT2D eigenvalue weighted by Crippen LogP contribution is 2.16. The van der Waals surface area contributed by atoms with Crippen molar-refractivity contribution in [3.05, 3.63) is 64.7 Å². The minimum atomic E-state index is -0.627. The summed E-state index contributed by atoms with van der Waals surface area (Å²) in [5.74, 6) is 0.155. The van der Waals surface area contributed by atoms with Crippen LogP contribution in [0.2, 0.25) is 5.02 Å². The maximum atomic E-state index is 12.9. The van der Waals surface area contributed by atoms with Gasteiger partial charge in [0.25, 0.3) is 5.91 Å². The first-order valence-electron chi connectivity index (χ1n) is 9.48. The molecule has 2 aromatic carbocycles. The third-order valence-corrected chi connectivity index (χ3v) is 4.69. The first-order valence-corrected chi connectivity index (χ1v) is 9.85. The first-order chi connectivity index (χ1) is 13.4. The molecule has 2 aromatic rings. The molecule has 0 fully saturated rings. The summed E-state index contributed by atoms with van der Waals surface area (Å²) in [6, 6.07) is 14.3. The molecule has 2 rings (SSSR count). The van der Waals surface area contributed by atoms with E-state index in [9.17, 15) is 9.59 Å². The Morgan fingerprint density at radius 2 is 1.82 bits per heavy atom. The molecule has 1 N–H and O–H groups in total. The van der Waals surface area contributed by atoms with Crippen LogP contribution >= 0.6 is 11.6 Å². The minimum absolute atomic E-state index is 0.143. The van der Waals surface area contributed by atoms with Crippen molar-refractivity contribution in [3.63, 3.8) is 0 Å². The van der Waals surface area contributed by atoms with Gasteiger partial charge in [0.05, 0.1) is 0 Å². The maximum Gasteiger partial charge on any atom is 0.261 e. The second-order valence-electron chi connectivity index (χ2n) is 6.51. The number of likely N-dealkylation sites (N-methyl/N-ethyl adjacent to an activating group) is 1. The van der Waals surface area contributed by atoms with Crippen LogP contribution in [0.25, 0.3) is 0 Å². The third-order valence-electron chi connectivity index (χ3n) is 4.45. The van der Waals surface area contributed by atoms with Gasteiger partial charge in [0, 0.05) is 18.1 Å². The Hall–Kier alpha value is -2.53. The van der Waals surface area contributed by atoms with Crippen LogP contribution in [0.1, 0.15) is 31.9 Å². The molecule has 2 amide bonds. The molecule has 1 atom stereocenters.